The normalized spacial score (nSPS) is 17.2. The first-order valence-corrected chi connectivity index (χ1v) is 9.43. The van der Waals surface area contributed by atoms with Crippen LogP contribution >= 0.6 is 11.6 Å². The van der Waals surface area contributed by atoms with Crippen LogP contribution in [-0.2, 0) is 4.74 Å². The number of carbonyl (C=O) groups is 1. The Balaban J connectivity index is 1.74. The molecule has 144 valence electrons. The van der Waals surface area contributed by atoms with Gasteiger partial charge in [0, 0.05) is 29.6 Å². The van der Waals surface area contributed by atoms with Crippen molar-refractivity contribution in [2.45, 2.75) is 18.9 Å². The van der Waals surface area contributed by atoms with E-state index in [1.165, 1.54) is 6.07 Å². The molecule has 2 N–H and O–H groups in total. The summed E-state index contributed by atoms with van der Waals surface area (Å²) in [4.78, 5) is 17.3. The smallest absolute Gasteiger partial charge is 0.256 e. The van der Waals surface area contributed by atoms with E-state index >= 15 is 0 Å². The molecule has 7 heteroatoms. The lowest BCUT2D eigenvalue weighted by atomic mass is 10.1. The molecule has 0 spiro atoms. The summed E-state index contributed by atoms with van der Waals surface area (Å²) in [6.45, 7) is 1.17. The minimum absolute atomic E-state index is 0.0370. The summed E-state index contributed by atoms with van der Waals surface area (Å²) < 4.78 is 11.4. The Morgan fingerprint density at radius 2 is 2.04 bits per heavy atom. The van der Waals surface area contributed by atoms with Gasteiger partial charge in [-0.3, -0.25) is 4.79 Å². The fourth-order valence-electron chi connectivity index (χ4n) is 3.09. The Labute approximate surface area is 166 Å². The van der Waals surface area contributed by atoms with E-state index in [9.17, 15) is 9.90 Å². The van der Waals surface area contributed by atoms with Crippen molar-refractivity contribution in [3.63, 3.8) is 0 Å². The number of benzene rings is 2. The van der Waals surface area contributed by atoms with Crippen molar-refractivity contribution >= 4 is 34.2 Å². The van der Waals surface area contributed by atoms with E-state index in [-0.39, 0.29) is 23.3 Å². The number of hydrogen-bond acceptors (Lipinski definition) is 5. The highest BCUT2D eigenvalue weighted by molar-refractivity contribution is 6.30. The largest absolute Gasteiger partial charge is 0.508 e. The second-order valence-corrected chi connectivity index (χ2v) is 7.06. The first-order valence-electron chi connectivity index (χ1n) is 9.05. The average Bonchev–Trinajstić information content (AvgIpc) is 3.21. The van der Waals surface area contributed by atoms with Gasteiger partial charge in [-0.2, -0.15) is 0 Å². The number of hydrogen-bond donors (Lipinski definition) is 2. The number of phenolic OH excluding ortho intramolecular Hbond substituents is 1. The van der Waals surface area contributed by atoms with Gasteiger partial charge in [0.1, 0.15) is 16.9 Å². The molecule has 3 aromatic rings. The number of fused-ring (bicyclic) bond motifs is 1. The number of amides is 1. The highest BCUT2D eigenvalue weighted by Gasteiger charge is 2.18. The molecule has 1 aliphatic heterocycles. The first-order chi connectivity index (χ1) is 13.6. The molecule has 1 atom stereocenters. The van der Waals surface area contributed by atoms with Crippen LogP contribution in [0.3, 0.4) is 0 Å². The molecular weight excluding hydrogens is 380 g/mol. The number of aromatic hydroxyl groups is 1. The van der Waals surface area contributed by atoms with Crippen LogP contribution in [0.2, 0.25) is 5.02 Å². The molecule has 0 unspecified atom stereocenters. The molecule has 2 aromatic carbocycles. The van der Waals surface area contributed by atoms with Crippen LogP contribution in [0.4, 0.5) is 5.69 Å². The second-order valence-electron chi connectivity index (χ2n) is 6.62. The summed E-state index contributed by atoms with van der Waals surface area (Å²) in [6, 6.07) is 13.3. The molecule has 2 heterocycles. The van der Waals surface area contributed by atoms with Gasteiger partial charge in [0.15, 0.2) is 0 Å². The van der Waals surface area contributed by atoms with Gasteiger partial charge in [-0.25, -0.2) is 4.99 Å². The zero-order valence-corrected chi connectivity index (χ0v) is 15.8. The molecule has 6 nitrogen and oxygen atoms in total. The van der Waals surface area contributed by atoms with Crippen molar-refractivity contribution in [1.82, 2.24) is 5.32 Å². The van der Waals surface area contributed by atoms with Crippen molar-refractivity contribution in [3.05, 3.63) is 64.7 Å². The zero-order chi connectivity index (χ0) is 19.5. The van der Waals surface area contributed by atoms with Gasteiger partial charge in [-0.1, -0.05) is 11.6 Å². The van der Waals surface area contributed by atoms with E-state index < -0.39 is 0 Å². The maximum absolute atomic E-state index is 12.8. The van der Waals surface area contributed by atoms with E-state index in [0.29, 0.717) is 33.8 Å². The fourth-order valence-corrected chi connectivity index (χ4v) is 3.22. The van der Waals surface area contributed by atoms with Crippen molar-refractivity contribution in [2.75, 3.05) is 13.2 Å². The average molecular weight is 399 g/mol. The molecule has 1 fully saturated rings. The summed E-state index contributed by atoms with van der Waals surface area (Å²) in [5.74, 6) is -0.216. The molecule has 1 aliphatic rings. The van der Waals surface area contributed by atoms with Gasteiger partial charge in [-0.15, -0.1) is 0 Å². The van der Waals surface area contributed by atoms with Crippen LogP contribution in [0.25, 0.3) is 11.0 Å². The van der Waals surface area contributed by atoms with E-state index in [1.54, 1.807) is 42.5 Å². The molecule has 0 saturated carbocycles. The number of ether oxygens (including phenoxy) is 1. The summed E-state index contributed by atoms with van der Waals surface area (Å²) in [7, 11) is 0. The van der Waals surface area contributed by atoms with Crippen LogP contribution in [0.1, 0.15) is 23.2 Å². The number of carbonyl (C=O) groups excluding carboxylic acids is 1. The molecule has 28 heavy (non-hydrogen) atoms. The summed E-state index contributed by atoms with van der Waals surface area (Å²) >= 11 is 5.93. The zero-order valence-electron chi connectivity index (χ0n) is 15.0. The molecule has 0 radical (unpaired) electrons. The van der Waals surface area contributed by atoms with Crippen molar-refractivity contribution in [2.24, 2.45) is 4.99 Å². The Kier molecular flexibility index (Phi) is 5.32. The summed E-state index contributed by atoms with van der Waals surface area (Å²) in [5, 5.41) is 13.9. The van der Waals surface area contributed by atoms with E-state index in [4.69, 9.17) is 20.8 Å². The summed E-state index contributed by atoms with van der Waals surface area (Å²) in [6.07, 6.45) is 1.98. The lowest BCUT2D eigenvalue weighted by molar-refractivity contribution is 0.0854. The Bertz CT molecular complexity index is 1070. The molecule has 1 aromatic heterocycles. The lowest BCUT2D eigenvalue weighted by Crippen LogP contribution is -2.34. The van der Waals surface area contributed by atoms with Crippen LogP contribution in [-0.4, -0.2) is 30.3 Å². The maximum Gasteiger partial charge on any atom is 0.256 e. The number of nitrogens with one attached hydrogen (secondary N) is 1. The predicted octanol–water partition coefficient (Wildman–Crippen LogP) is 3.93. The van der Waals surface area contributed by atoms with E-state index in [2.05, 4.69) is 10.3 Å². The van der Waals surface area contributed by atoms with Crippen LogP contribution < -0.4 is 10.9 Å². The maximum atomic E-state index is 12.8. The summed E-state index contributed by atoms with van der Waals surface area (Å²) in [5.41, 5.74) is 1.50. The second kappa shape index (κ2) is 8.04. The standard InChI is InChI=1S/C21H19ClN2O4/c22-14-4-6-15(7-5-14)24-21-18(20(26)23-12-17-2-1-9-27-17)10-13-3-8-16(25)11-19(13)28-21/h3-8,10-11,17,25H,1-2,9,12H2,(H,23,26)/t17-/m1/s1. The quantitative estimate of drug-likeness (QED) is 0.697. The fraction of sp³-hybridized carbons (Fsp3) is 0.238. The Morgan fingerprint density at radius 1 is 1.21 bits per heavy atom. The minimum Gasteiger partial charge on any atom is -0.508 e. The Morgan fingerprint density at radius 3 is 2.79 bits per heavy atom. The van der Waals surface area contributed by atoms with Crippen molar-refractivity contribution < 1.29 is 19.1 Å². The van der Waals surface area contributed by atoms with Crippen LogP contribution in [0.15, 0.2) is 57.9 Å². The Hall–Kier alpha value is -2.83. The minimum atomic E-state index is -0.290. The highest BCUT2D eigenvalue weighted by atomic mass is 35.5. The van der Waals surface area contributed by atoms with Crippen LogP contribution in [0, 0.1) is 0 Å². The SMILES string of the molecule is O=C(NC[C@H]1CCCO1)c1cc2ccc(O)cc2oc1=Nc1ccc(Cl)cc1. The number of nitrogens with zero attached hydrogens (tertiary/aromatic N) is 1. The topological polar surface area (TPSA) is 84.1 Å². The van der Waals surface area contributed by atoms with E-state index in [0.717, 1.165) is 19.4 Å². The van der Waals surface area contributed by atoms with Gasteiger partial charge < -0.3 is 19.6 Å². The lowest BCUT2D eigenvalue weighted by Gasteiger charge is -2.11. The monoisotopic (exact) mass is 398 g/mol. The third-order valence-electron chi connectivity index (χ3n) is 4.55. The van der Waals surface area contributed by atoms with Gasteiger partial charge in [0.25, 0.3) is 5.91 Å². The third-order valence-corrected chi connectivity index (χ3v) is 4.80. The number of phenols is 1. The highest BCUT2D eigenvalue weighted by Crippen LogP contribution is 2.21. The number of rotatable bonds is 4. The molecule has 4 rings (SSSR count). The first kappa shape index (κ1) is 18.5. The molecule has 0 bridgehead atoms. The van der Waals surface area contributed by atoms with Gasteiger partial charge in [0.05, 0.1) is 11.8 Å². The molecule has 1 saturated heterocycles. The van der Waals surface area contributed by atoms with Gasteiger partial charge >= 0.3 is 0 Å². The number of halogens is 1. The van der Waals surface area contributed by atoms with Crippen LogP contribution in [0.5, 0.6) is 5.75 Å². The molecule has 0 aliphatic carbocycles. The van der Waals surface area contributed by atoms with E-state index in [1.807, 2.05) is 0 Å². The predicted molar refractivity (Wildman–Crippen MR) is 106 cm³/mol. The van der Waals surface area contributed by atoms with Gasteiger partial charge in [0.2, 0.25) is 5.55 Å². The molecular formula is C21H19ClN2O4. The van der Waals surface area contributed by atoms with Gasteiger partial charge in [-0.05, 0) is 55.3 Å². The van der Waals surface area contributed by atoms with Crippen molar-refractivity contribution in [1.29, 1.82) is 0 Å². The third kappa shape index (κ3) is 4.18. The molecule has 1 amide bonds. The van der Waals surface area contributed by atoms with Crippen molar-refractivity contribution in [3.8, 4) is 5.75 Å².